The maximum Gasteiger partial charge on any atom is 0.163 e. The van der Waals surface area contributed by atoms with Crippen molar-refractivity contribution in [3.05, 3.63) is 36.5 Å². The third-order valence-electron chi connectivity index (χ3n) is 6.90. The summed E-state index contributed by atoms with van der Waals surface area (Å²) in [4.78, 5) is 18.7. The largest absolute Gasteiger partial charge is 0.397 e. The van der Waals surface area contributed by atoms with E-state index in [-0.39, 0.29) is 0 Å². The minimum atomic E-state index is -0.616. The highest BCUT2D eigenvalue weighted by Crippen LogP contribution is 2.30. The first-order valence-corrected chi connectivity index (χ1v) is 11.7. The standard InChI is InChI=1S/C24H33N7O2/c1-24(2,32)18-3-5-29(6-4-18)15-20-14-27-23-22(17-11-19(25)13-26-12-17)28-21(16-31(20)23)30-7-9-33-10-8-30/h11-14,16,18,32H,3-10,15,25H2,1-2H3. The Labute approximate surface area is 194 Å². The third kappa shape index (κ3) is 4.66. The minimum absolute atomic E-state index is 0.343. The molecule has 9 nitrogen and oxygen atoms in total. The van der Waals surface area contributed by atoms with Gasteiger partial charge in [0.15, 0.2) is 5.65 Å². The maximum absolute atomic E-state index is 10.4. The normalized spacial score (nSPS) is 18.8. The highest BCUT2D eigenvalue weighted by molar-refractivity contribution is 5.76. The molecular formula is C24H33N7O2. The number of aliphatic hydroxyl groups is 1. The molecule has 0 radical (unpaired) electrons. The van der Waals surface area contributed by atoms with E-state index >= 15 is 0 Å². The number of likely N-dealkylation sites (tertiary alicyclic amines) is 1. The Balaban J connectivity index is 1.48. The Morgan fingerprint density at radius 1 is 1.12 bits per heavy atom. The molecule has 0 aromatic carbocycles. The summed E-state index contributed by atoms with van der Waals surface area (Å²) in [6.07, 6.45) is 9.47. The van der Waals surface area contributed by atoms with Crippen molar-refractivity contribution in [2.75, 3.05) is 50.0 Å². The number of aromatic nitrogens is 4. The fraction of sp³-hybridized carbons (Fsp3) is 0.542. The topological polar surface area (TPSA) is 105 Å². The van der Waals surface area contributed by atoms with Gasteiger partial charge in [-0.3, -0.25) is 14.3 Å². The summed E-state index contributed by atoms with van der Waals surface area (Å²) in [5.74, 6) is 1.25. The number of fused-ring (bicyclic) bond motifs is 1. The molecule has 176 valence electrons. The molecule has 3 N–H and O–H groups in total. The van der Waals surface area contributed by atoms with Gasteiger partial charge < -0.3 is 20.5 Å². The number of nitrogens with two attached hydrogens (primary N) is 1. The lowest BCUT2D eigenvalue weighted by atomic mass is 9.83. The van der Waals surface area contributed by atoms with Gasteiger partial charge in [0.1, 0.15) is 11.5 Å². The number of rotatable bonds is 5. The lowest BCUT2D eigenvalue weighted by Gasteiger charge is -2.37. The van der Waals surface area contributed by atoms with Crippen LogP contribution in [0.25, 0.3) is 16.9 Å². The second kappa shape index (κ2) is 8.89. The fourth-order valence-electron chi connectivity index (χ4n) is 4.89. The van der Waals surface area contributed by atoms with Crippen molar-refractivity contribution in [1.29, 1.82) is 0 Å². The van der Waals surface area contributed by atoms with Crippen LogP contribution in [0.5, 0.6) is 0 Å². The number of anilines is 2. The number of ether oxygens (including phenoxy) is 1. The number of nitrogen functional groups attached to an aromatic ring is 1. The molecule has 5 heterocycles. The molecule has 3 aromatic rings. The van der Waals surface area contributed by atoms with Gasteiger partial charge in [0.2, 0.25) is 0 Å². The number of hydrogen-bond donors (Lipinski definition) is 2. The maximum atomic E-state index is 10.4. The molecule has 9 heteroatoms. The molecule has 0 aliphatic carbocycles. The highest BCUT2D eigenvalue weighted by atomic mass is 16.5. The van der Waals surface area contributed by atoms with E-state index in [1.807, 2.05) is 26.1 Å². The van der Waals surface area contributed by atoms with Crippen molar-refractivity contribution in [2.45, 2.75) is 38.8 Å². The van der Waals surface area contributed by atoms with E-state index in [2.05, 4.69) is 25.4 Å². The summed E-state index contributed by atoms with van der Waals surface area (Å²) in [6.45, 7) is 9.59. The summed E-state index contributed by atoms with van der Waals surface area (Å²) in [5.41, 5.74) is 9.58. The average Bonchev–Trinajstić information content (AvgIpc) is 3.21. The number of morpholine rings is 1. The van der Waals surface area contributed by atoms with Crippen LogP contribution in [-0.2, 0) is 11.3 Å². The molecule has 2 fully saturated rings. The van der Waals surface area contributed by atoms with Gasteiger partial charge in [-0.05, 0) is 51.8 Å². The SMILES string of the molecule is CC(C)(O)C1CCN(Cc2cnc3c(-c4cncc(N)c4)nc(N4CCOCC4)cn23)CC1. The van der Waals surface area contributed by atoms with Crippen molar-refractivity contribution >= 4 is 17.2 Å². The lowest BCUT2D eigenvalue weighted by molar-refractivity contribution is -0.0137. The molecule has 0 saturated carbocycles. The molecule has 3 aromatic heterocycles. The van der Waals surface area contributed by atoms with Crippen molar-refractivity contribution < 1.29 is 9.84 Å². The molecule has 2 saturated heterocycles. The van der Waals surface area contributed by atoms with Crippen molar-refractivity contribution in [3.63, 3.8) is 0 Å². The zero-order chi connectivity index (χ0) is 23.0. The number of imidazole rings is 1. The van der Waals surface area contributed by atoms with Crippen LogP contribution in [0.1, 0.15) is 32.4 Å². The second-order valence-electron chi connectivity index (χ2n) is 9.70. The van der Waals surface area contributed by atoms with E-state index < -0.39 is 5.60 Å². The molecular weight excluding hydrogens is 418 g/mol. The first kappa shape index (κ1) is 22.1. The predicted molar refractivity (Wildman–Crippen MR) is 128 cm³/mol. The summed E-state index contributed by atoms with van der Waals surface area (Å²) in [7, 11) is 0. The molecule has 5 rings (SSSR count). The molecule has 0 bridgehead atoms. The zero-order valence-electron chi connectivity index (χ0n) is 19.4. The Morgan fingerprint density at radius 3 is 2.58 bits per heavy atom. The monoisotopic (exact) mass is 451 g/mol. The van der Waals surface area contributed by atoms with E-state index in [0.717, 1.165) is 74.0 Å². The van der Waals surface area contributed by atoms with Gasteiger partial charge >= 0.3 is 0 Å². The van der Waals surface area contributed by atoms with Crippen LogP contribution in [0, 0.1) is 5.92 Å². The summed E-state index contributed by atoms with van der Waals surface area (Å²) >= 11 is 0. The molecule has 33 heavy (non-hydrogen) atoms. The van der Waals surface area contributed by atoms with Gasteiger partial charge in [-0.15, -0.1) is 0 Å². The van der Waals surface area contributed by atoms with Gasteiger partial charge in [-0.25, -0.2) is 9.97 Å². The minimum Gasteiger partial charge on any atom is -0.397 e. The molecule has 2 aliphatic heterocycles. The van der Waals surface area contributed by atoms with Crippen LogP contribution in [0.4, 0.5) is 11.5 Å². The van der Waals surface area contributed by atoms with Crippen LogP contribution in [0.3, 0.4) is 0 Å². The Hall–Kier alpha value is -2.75. The quantitative estimate of drug-likeness (QED) is 0.608. The average molecular weight is 452 g/mol. The fourth-order valence-corrected chi connectivity index (χ4v) is 4.89. The van der Waals surface area contributed by atoms with Crippen molar-refractivity contribution in [1.82, 2.24) is 24.3 Å². The van der Waals surface area contributed by atoms with E-state index in [1.54, 1.807) is 12.4 Å². The first-order chi connectivity index (χ1) is 15.9. The third-order valence-corrected chi connectivity index (χ3v) is 6.90. The Bertz CT molecular complexity index is 1110. The van der Waals surface area contributed by atoms with Crippen LogP contribution in [0.2, 0.25) is 0 Å². The van der Waals surface area contributed by atoms with E-state index in [4.69, 9.17) is 20.4 Å². The van der Waals surface area contributed by atoms with Gasteiger partial charge in [0.05, 0.1) is 42.6 Å². The van der Waals surface area contributed by atoms with E-state index in [1.165, 1.54) is 0 Å². The van der Waals surface area contributed by atoms with Crippen LogP contribution in [0.15, 0.2) is 30.9 Å². The number of nitrogens with zero attached hydrogens (tertiary/aromatic N) is 6. The van der Waals surface area contributed by atoms with Crippen LogP contribution < -0.4 is 10.6 Å². The van der Waals surface area contributed by atoms with Crippen molar-refractivity contribution in [2.24, 2.45) is 5.92 Å². The number of piperidine rings is 1. The smallest absolute Gasteiger partial charge is 0.163 e. The van der Waals surface area contributed by atoms with Crippen molar-refractivity contribution in [3.8, 4) is 11.3 Å². The van der Waals surface area contributed by atoms with Gasteiger partial charge in [0, 0.05) is 37.6 Å². The lowest BCUT2D eigenvalue weighted by Crippen LogP contribution is -2.41. The molecule has 0 unspecified atom stereocenters. The predicted octanol–water partition coefficient (Wildman–Crippen LogP) is 2.19. The van der Waals surface area contributed by atoms with E-state index in [0.29, 0.717) is 24.8 Å². The first-order valence-electron chi connectivity index (χ1n) is 11.7. The van der Waals surface area contributed by atoms with Gasteiger partial charge in [-0.1, -0.05) is 0 Å². The highest BCUT2D eigenvalue weighted by Gasteiger charge is 2.30. The number of hydrogen-bond acceptors (Lipinski definition) is 8. The molecule has 0 amide bonds. The molecule has 0 atom stereocenters. The summed E-state index contributed by atoms with van der Waals surface area (Å²) in [6, 6.07) is 1.90. The summed E-state index contributed by atoms with van der Waals surface area (Å²) in [5, 5.41) is 10.4. The Morgan fingerprint density at radius 2 is 1.88 bits per heavy atom. The second-order valence-corrected chi connectivity index (χ2v) is 9.70. The van der Waals surface area contributed by atoms with Gasteiger partial charge in [0.25, 0.3) is 0 Å². The van der Waals surface area contributed by atoms with Crippen LogP contribution >= 0.6 is 0 Å². The zero-order valence-corrected chi connectivity index (χ0v) is 19.4. The molecule has 0 spiro atoms. The molecule has 2 aliphatic rings. The Kier molecular flexibility index (Phi) is 5.94. The number of pyridine rings is 1. The van der Waals surface area contributed by atoms with E-state index in [9.17, 15) is 5.11 Å². The summed E-state index contributed by atoms with van der Waals surface area (Å²) < 4.78 is 7.71. The van der Waals surface area contributed by atoms with Gasteiger partial charge in [-0.2, -0.15) is 0 Å². The van der Waals surface area contributed by atoms with Crippen LogP contribution in [-0.4, -0.2) is 74.4 Å².